The Balaban J connectivity index is 1.98. The quantitative estimate of drug-likeness (QED) is 0.536. The normalized spacial score (nSPS) is 11.8. The van der Waals surface area contributed by atoms with Crippen molar-refractivity contribution in [3.63, 3.8) is 0 Å². The van der Waals surface area contributed by atoms with Gasteiger partial charge in [0.2, 0.25) is 9.84 Å². The van der Waals surface area contributed by atoms with Gasteiger partial charge in [0.05, 0.1) is 30.3 Å². The molecule has 11 heteroatoms. The van der Waals surface area contributed by atoms with Crippen molar-refractivity contribution in [2.75, 3.05) is 4.72 Å². The maximum atomic E-state index is 12.9. The number of nitrogens with one attached hydrogen (secondary N) is 1. The van der Waals surface area contributed by atoms with Crippen molar-refractivity contribution in [2.24, 2.45) is 0 Å². The second-order valence-electron chi connectivity index (χ2n) is 6.05. The summed E-state index contributed by atoms with van der Waals surface area (Å²) in [6.45, 7) is 0. The molecule has 0 heterocycles. The number of rotatable bonds is 6. The lowest BCUT2D eigenvalue weighted by Gasteiger charge is -2.11. The molecule has 0 aliphatic carbocycles. The van der Waals surface area contributed by atoms with Gasteiger partial charge in [-0.1, -0.05) is 35.3 Å². The van der Waals surface area contributed by atoms with Crippen molar-refractivity contribution >= 4 is 54.7 Å². The molecule has 0 saturated heterocycles. The number of anilines is 1. The third-order valence-electron chi connectivity index (χ3n) is 3.99. The Kier molecular flexibility index (Phi) is 6.09. The summed E-state index contributed by atoms with van der Waals surface area (Å²) >= 11 is 11.7. The molecule has 0 saturated carbocycles. The van der Waals surface area contributed by atoms with E-state index in [0.29, 0.717) is 0 Å². The van der Waals surface area contributed by atoms with Crippen molar-refractivity contribution in [2.45, 2.75) is 14.7 Å². The molecule has 30 heavy (non-hydrogen) atoms. The number of carboxylic acids is 1. The lowest BCUT2D eigenvalue weighted by molar-refractivity contribution is 0.0697. The Morgan fingerprint density at radius 3 is 2.07 bits per heavy atom. The zero-order chi connectivity index (χ0) is 22.1. The molecule has 2 N–H and O–H groups in total. The summed E-state index contributed by atoms with van der Waals surface area (Å²) in [5.74, 6) is -1.22. The first-order valence-electron chi connectivity index (χ1n) is 8.17. The average molecular weight is 486 g/mol. The van der Waals surface area contributed by atoms with Gasteiger partial charge in [-0.25, -0.2) is 21.6 Å². The van der Waals surface area contributed by atoms with E-state index < -0.39 is 25.8 Å². The SMILES string of the molecule is O=C(O)c1cccc(NS(=O)(=O)c2cccc(S(=O)(=O)c3ccc(Cl)c(Cl)c3)c2)c1. The van der Waals surface area contributed by atoms with E-state index in [-0.39, 0.29) is 36.0 Å². The first-order chi connectivity index (χ1) is 14.0. The zero-order valence-corrected chi connectivity index (χ0v) is 18.1. The van der Waals surface area contributed by atoms with Crippen molar-refractivity contribution < 1.29 is 26.7 Å². The van der Waals surface area contributed by atoms with E-state index in [4.69, 9.17) is 28.3 Å². The highest BCUT2D eigenvalue weighted by atomic mass is 35.5. The van der Waals surface area contributed by atoms with Gasteiger partial charge < -0.3 is 5.11 Å². The maximum absolute atomic E-state index is 12.9. The molecule has 156 valence electrons. The fraction of sp³-hybridized carbons (Fsp3) is 0. The van der Waals surface area contributed by atoms with Crippen LogP contribution >= 0.6 is 23.2 Å². The molecule has 0 aromatic heterocycles. The molecule has 0 amide bonds. The van der Waals surface area contributed by atoms with Gasteiger partial charge in [-0.3, -0.25) is 4.72 Å². The maximum Gasteiger partial charge on any atom is 0.335 e. The highest BCUT2D eigenvalue weighted by Gasteiger charge is 2.22. The first kappa shape index (κ1) is 22.1. The molecule has 7 nitrogen and oxygen atoms in total. The summed E-state index contributed by atoms with van der Waals surface area (Å²) in [5.41, 5.74) is -0.0845. The van der Waals surface area contributed by atoms with Crippen molar-refractivity contribution in [3.05, 3.63) is 82.3 Å². The molecule has 0 atom stereocenters. The van der Waals surface area contributed by atoms with Gasteiger partial charge in [0.15, 0.2) is 0 Å². The van der Waals surface area contributed by atoms with E-state index in [2.05, 4.69) is 4.72 Å². The third-order valence-corrected chi connectivity index (χ3v) is 7.86. The lowest BCUT2D eigenvalue weighted by atomic mass is 10.2. The fourth-order valence-corrected chi connectivity index (χ4v) is 5.38. The van der Waals surface area contributed by atoms with Crippen LogP contribution in [0.15, 0.2) is 81.4 Å². The number of aromatic carboxylic acids is 1. The van der Waals surface area contributed by atoms with E-state index in [1.807, 2.05) is 0 Å². The summed E-state index contributed by atoms with van der Waals surface area (Å²) in [4.78, 5) is 10.3. The van der Waals surface area contributed by atoms with Gasteiger partial charge in [-0.2, -0.15) is 0 Å². The molecule has 3 rings (SSSR count). The van der Waals surface area contributed by atoms with Crippen LogP contribution in [0.25, 0.3) is 0 Å². The summed E-state index contributed by atoms with van der Waals surface area (Å²) < 4.78 is 53.4. The highest BCUT2D eigenvalue weighted by Crippen LogP contribution is 2.29. The van der Waals surface area contributed by atoms with Crippen molar-refractivity contribution in [1.29, 1.82) is 0 Å². The predicted octanol–water partition coefficient (Wildman–Crippen LogP) is 4.33. The molecule has 0 unspecified atom stereocenters. The second kappa shape index (κ2) is 8.27. The summed E-state index contributed by atoms with van der Waals surface area (Å²) in [6.07, 6.45) is 0. The van der Waals surface area contributed by atoms with Gasteiger partial charge in [0, 0.05) is 5.69 Å². The summed E-state index contributed by atoms with van der Waals surface area (Å²) in [6, 6.07) is 13.7. The molecule has 3 aromatic rings. The van der Waals surface area contributed by atoms with E-state index in [9.17, 15) is 21.6 Å². The number of halogens is 2. The van der Waals surface area contributed by atoms with Crippen LogP contribution in [0.3, 0.4) is 0 Å². The number of benzene rings is 3. The number of sulfonamides is 1. The van der Waals surface area contributed by atoms with Gasteiger partial charge in [0.1, 0.15) is 0 Å². The topological polar surface area (TPSA) is 118 Å². The van der Waals surface area contributed by atoms with Gasteiger partial charge in [0.25, 0.3) is 10.0 Å². The summed E-state index contributed by atoms with van der Waals surface area (Å²) in [7, 11) is -8.26. The Morgan fingerprint density at radius 1 is 0.767 bits per heavy atom. The van der Waals surface area contributed by atoms with E-state index in [1.165, 1.54) is 54.6 Å². The number of hydrogen-bond acceptors (Lipinski definition) is 5. The largest absolute Gasteiger partial charge is 0.478 e. The fourth-order valence-electron chi connectivity index (χ4n) is 2.52. The van der Waals surface area contributed by atoms with E-state index in [1.54, 1.807) is 0 Å². The summed E-state index contributed by atoms with van der Waals surface area (Å²) in [5, 5.41) is 9.26. The Hall–Kier alpha value is -2.59. The monoisotopic (exact) mass is 485 g/mol. The molecule has 0 bridgehead atoms. The first-order valence-corrected chi connectivity index (χ1v) is 11.9. The second-order valence-corrected chi connectivity index (χ2v) is 10.5. The van der Waals surface area contributed by atoms with E-state index >= 15 is 0 Å². The van der Waals surface area contributed by atoms with Crippen LogP contribution in [0.2, 0.25) is 10.0 Å². The molecule has 0 fully saturated rings. The Morgan fingerprint density at radius 2 is 1.40 bits per heavy atom. The smallest absolute Gasteiger partial charge is 0.335 e. The van der Waals surface area contributed by atoms with Crippen LogP contribution in [0.5, 0.6) is 0 Å². The van der Waals surface area contributed by atoms with E-state index in [0.717, 1.165) is 12.1 Å². The minimum absolute atomic E-state index is 0.0210. The molecular formula is C19H13Cl2NO6S2. The molecule has 0 spiro atoms. The standard InChI is InChI=1S/C19H13Cl2NO6S2/c20-17-8-7-15(11-18(17)21)29(25,26)14-5-2-6-16(10-14)30(27,28)22-13-4-1-3-12(9-13)19(23)24/h1-11,22H,(H,23,24). The average Bonchev–Trinajstić information content (AvgIpc) is 2.70. The van der Waals surface area contributed by atoms with Crippen LogP contribution in [-0.4, -0.2) is 27.9 Å². The highest BCUT2D eigenvalue weighted by molar-refractivity contribution is 7.93. The zero-order valence-electron chi connectivity index (χ0n) is 14.9. The Labute approximate surface area is 182 Å². The molecule has 0 aliphatic heterocycles. The number of carbonyl (C=O) groups is 1. The van der Waals surface area contributed by atoms with Crippen LogP contribution in [0, 0.1) is 0 Å². The predicted molar refractivity (Wildman–Crippen MR) is 113 cm³/mol. The van der Waals surface area contributed by atoms with Crippen LogP contribution in [0.4, 0.5) is 5.69 Å². The van der Waals surface area contributed by atoms with Crippen molar-refractivity contribution in [3.8, 4) is 0 Å². The molecule has 3 aromatic carbocycles. The van der Waals surface area contributed by atoms with Crippen molar-refractivity contribution in [1.82, 2.24) is 0 Å². The minimum Gasteiger partial charge on any atom is -0.478 e. The van der Waals surface area contributed by atoms with Crippen LogP contribution in [-0.2, 0) is 19.9 Å². The van der Waals surface area contributed by atoms with Gasteiger partial charge in [-0.15, -0.1) is 0 Å². The van der Waals surface area contributed by atoms with Crippen LogP contribution in [0.1, 0.15) is 10.4 Å². The molecule has 0 radical (unpaired) electrons. The van der Waals surface area contributed by atoms with Gasteiger partial charge >= 0.3 is 5.97 Å². The lowest BCUT2D eigenvalue weighted by Crippen LogP contribution is -2.14. The molecular weight excluding hydrogens is 473 g/mol. The number of carboxylic acid groups (broad SMARTS) is 1. The minimum atomic E-state index is -4.19. The third kappa shape index (κ3) is 4.59. The number of hydrogen-bond donors (Lipinski definition) is 2. The Bertz CT molecular complexity index is 1350. The van der Waals surface area contributed by atoms with Crippen LogP contribution < -0.4 is 4.72 Å². The number of sulfone groups is 1. The molecule has 0 aliphatic rings. The van der Waals surface area contributed by atoms with Gasteiger partial charge in [-0.05, 0) is 54.6 Å².